The Labute approximate surface area is 134 Å². The Morgan fingerprint density at radius 1 is 1.14 bits per heavy atom. The molecule has 1 unspecified atom stereocenters. The molecule has 3 nitrogen and oxygen atoms in total. The summed E-state index contributed by atoms with van der Waals surface area (Å²) in [4.78, 5) is 11.9. The summed E-state index contributed by atoms with van der Waals surface area (Å²) in [5.41, 5.74) is 1.65. The van der Waals surface area contributed by atoms with E-state index in [1.165, 1.54) is 0 Å². The number of nitrogens with one attached hydrogen (secondary N) is 2. The third kappa shape index (κ3) is 4.74. The van der Waals surface area contributed by atoms with Crippen molar-refractivity contribution in [1.29, 1.82) is 0 Å². The second kappa shape index (κ2) is 7.46. The molecule has 2 aromatic carbocycles. The fourth-order valence-corrected chi connectivity index (χ4v) is 2.23. The van der Waals surface area contributed by atoms with Crippen molar-refractivity contribution in [3.63, 3.8) is 0 Å². The van der Waals surface area contributed by atoms with E-state index in [0.717, 1.165) is 5.56 Å². The standard InChI is InChI=1S/C16H16Cl2N2O/c1-11(12-5-3-2-4-6-12)19-10-16(21)20-15-9-13(17)7-8-14(15)18/h2-9,11,19H,10H2,1H3,(H,20,21). The topological polar surface area (TPSA) is 41.1 Å². The van der Waals surface area contributed by atoms with Crippen molar-refractivity contribution in [1.82, 2.24) is 5.32 Å². The highest BCUT2D eigenvalue weighted by molar-refractivity contribution is 6.35. The number of carbonyl (C=O) groups is 1. The van der Waals surface area contributed by atoms with Crippen LogP contribution in [-0.4, -0.2) is 12.5 Å². The predicted molar refractivity (Wildman–Crippen MR) is 88.0 cm³/mol. The zero-order chi connectivity index (χ0) is 15.2. The van der Waals surface area contributed by atoms with Gasteiger partial charge in [-0.1, -0.05) is 53.5 Å². The maximum atomic E-state index is 11.9. The number of rotatable bonds is 5. The summed E-state index contributed by atoms with van der Waals surface area (Å²) in [6.45, 7) is 2.20. The van der Waals surface area contributed by atoms with Crippen molar-refractivity contribution in [2.75, 3.05) is 11.9 Å². The Bertz CT molecular complexity index is 617. The molecule has 2 aromatic rings. The van der Waals surface area contributed by atoms with E-state index in [0.29, 0.717) is 15.7 Å². The van der Waals surface area contributed by atoms with Gasteiger partial charge in [-0.2, -0.15) is 0 Å². The van der Waals surface area contributed by atoms with Gasteiger partial charge < -0.3 is 10.6 Å². The van der Waals surface area contributed by atoms with Crippen LogP contribution in [0.2, 0.25) is 10.0 Å². The molecule has 2 N–H and O–H groups in total. The third-order valence-corrected chi connectivity index (χ3v) is 3.64. The molecule has 0 saturated heterocycles. The van der Waals surface area contributed by atoms with Crippen LogP contribution in [0.25, 0.3) is 0 Å². The minimum Gasteiger partial charge on any atom is -0.324 e. The lowest BCUT2D eigenvalue weighted by atomic mass is 10.1. The molecule has 0 fully saturated rings. The molecule has 0 aromatic heterocycles. The minimum atomic E-state index is -0.165. The summed E-state index contributed by atoms with van der Waals surface area (Å²) in [5.74, 6) is -0.165. The van der Waals surface area contributed by atoms with Crippen molar-refractivity contribution in [3.05, 3.63) is 64.1 Å². The van der Waals surface area contributed by atoms with Crippen LogP contribution in [0.3, 0.4) is 0 Å². The molecule has 0 aliphatic rings. The van der Waals surface area contributed by atoms with Gasteiger partial charge >= 0.3 is 0 Å². The molecule has 0 aliphatic carbocycles. The molecule has 0 spiro atoms. The largest absolute Gasteiger partial charge is 0.324 e. The first-order chi connectivity index (χ1) is 10.1. The van der Waals surface area contributed by atoms with Crippen molar-refractivity contribution < 1.29 is 4.79 Å². The van der Waals surface area contributed by atoms with E-state index >= 15 is 0 Å². The van der Waals surface area contributed by atoms with Gasteiger partial charge in [0.05, 0.1) is 17.3 Å². The third-order valence-electron chi connectivity index (χ3n) is 3.07. The Kier molecular flexibility index (Phi) is 5.62. The first kappa shape index (κ1) is 15.8. The van der Waals surface area contributed by atoms with E-state index in [-0.39, 0.29) is 18.5 Å². The summed E-state index contributed by atoms with van der Waals surface area (Å²) in [7, 11) is 0. The fourth-order valence-electron chi connectivity index (χ4n) is 1.89. The molecular formula is C16H16Cl2N2O. The van der Waals surface area contributed by atoms with Crippen LogP contribution in [0.5, 0.6) is 0 Å². The molecular weight excluding hydrogens is 307 g/mol. The molecule has 0 bridgehead atoms. The summed E-state index contributed by atoms with van der Waals surface area (Å²) in [6, 6.07) is 15.0. The maximum Gasteiger partial charge on any atom is 0.238 e. The van der Waals surface area contributed by atoms with E-state index in [2.05, 4.69) is 10.6 Å². The molecule has 110 valence electrons. The van der Waals surface area contributed by atoms with Crippen molar-refractivity contribution >= 4 is 34.8 Å². The first-order valence-corrected chi connectivity index (χ1v) is 7.35. The van der Waals surface area contributed by atoms with Gasteiger partial charge in [0.15, 0.2) is 0 Å². The quantitative estimate of drug-likeness (QED) is 0.862. The Balaban J connectivity index is 1.89. The maximum absolute atomic E-state index is 11.9. The molecule has 1 atom stereocenters. The Hall–Kier alpha value is -1.55. The molecule has 0 aliphatic heterocycles. The highest BCUT2D eigenvalue weighted by atomic mass is 35.5. The average molecular weight is 323 g/mol. The zero-order valence-corrected chi connectivity index (χ0v) is 13.1. The molecule has 1 amide bonds. The van der Waals surface area contributed by atoms with E-state index in [1.54, 1.807) is 18.2 Å². The van der Waals surface area contributed by atoms with Gasteiger partial charge in [0.2, 0.25) is 5.91 Å². The summed E-state index contributed by atoms with van der Waals surface area (Å²) >= 11 is 11.9. The van der Waals surface area contributed by atoms with Gasteiger partial charge in [-0.25, -0.2) is 0 Å². The van der Waals surface area contributed by atoms with Gasteiger partial charge in [-0.3, -0.25) is 4.79 Å². The molecule has 0 saturated carbocycles. The van der Waals surface area contributed by atoms with Crippen LogP contribution in [0.15, 0.2) is 48.5 Å². The van der Waals surface area contributed by atoms with Crippen LogP contribution >= 0.6 is 23.2 Å². The second-order valence-electron chi connectivity index (χ2n) is 4.69. The summed E-state index contributed by atoms with van der Waals surface area (Å²) < 4.78 is 0. The van der Waals surface area contributed by atoms with E-state index in [9.17, 15) is 4.79 Å². The van der Waals surface area contributed by atoms with Crippen LogP contribution in [0, 0.1) is 0 Å². The van der Waals surface area contributed by atoms with Crippen molar-refractivity contribution in [2.45, 2.75) is 13.0 Å². The normalized spacial score (nSPS) is 12.0. The van der Waals surface area contributed by atoms with Gasteiger partial charge in [-0.05, 0) is 30.7 Å². The smallest absolute Gasteiger partial charge is 0.238 e. The number of hydrogen-bond donors (Lipinski definition) is 2. The van der Waals surface area contributed by atoms with Crippen LogP contribution < -0.4 is 10.6 Å². The fraction of sp³-hybridized carbons (Fsp3) is 0.188. The van der Waals surface area contributed by atoms with Crippen molar-refractivity contribution in [2.24, 2.45) is 0 Å². The molecule has 5 heteroatoms. The average Bonchev–Trinajstić information content (AvgIpc) is 2.49. The number of anilines is 1. The lowest BCUT2D eigenvalue weighted by Gasteiger charge is -2.14. The minimum absolute atomic E-state index is 0.0896. The first-order valence-electron chi connectivity index (χ1n) is 6.59. The lowest BCUT2D eigenvalue weighted by Crippen LogP contribution is -2.30. The Morgan fingerprint density at radius 2 is 1.86 bits per heavy atom. The van der Waals surface area contributed by atoms with Crippen LogP contribution in [-0.2, 0) is 4.79 Å². The van der Waals surface area contributed by atoms with E-state index < -0.39 is 0 Å². The summed E-state index contributed by atoms with van der Waals surface area (Å²) in [5, 5.41) is 6.89. The molecule has 2 rings (SSSR count). The number of halogens is 2. The molecule has 0 heterocycles. The summed E-state index contributed by atoms with van der Waals surface area (Å²) in [6.07, 6.45) is 0. The van der Waals surface area contributed by atoms with E-state index in [4.69, 9.17) is 23.2 Å². The monoisotopic (exact) mass is 322 g/mol. The molecule has 21 heavy (non-hydrogen) atoms. The lowest BCUT2D eigenvalue weighted by molar-refractivity contribution is -0.115. The predicted octanol–water partition coefficient (Wildman–Crippen LogP) is 4.28. The van der Waals surface area contributed by atoms with Gasteiger partial charge in [0.25, 0.3) is 0 Å². The number of benzene rings is 2. The highest BCUT2D eigenvalue weighted by Crippen LogP contribution is 2.25. The highest BCUT2D eigenvalue weighted by Gasteiger charge is 2.09. The number of carbonyl (C=O) groups excluding carboxylic acids is 1. The SMILES string of the molecule is CC(NCC(=O)Nc1cc(Cl)ccc1Cl)c1ccccc1. The van der Waals surface area contributed by atoms with E-state index in [1.807, 2.05) is 37.3 Å². The molecule has 0 radical (unpaired) electrons. The zero-order valence-electron chi connectivity index (χ0n) is 11.6. The number of amides is 1. The van der Waals surface area contributed by atoms with Crippen LogP contribution in [0.1, 0.15) is 18.5 Å². The Morgan fingerprint density at radius 3 is 2.57 bits per heavy atom. The van der Waals surface area contributed by atoms with Gasteiger partial charge in [0, 0.05) is 11.1 Å². The van der Waals surface area contributed by atoms with Gasteiger partial charge in [-0.15, -0.1) is 0 Å². The van der Waals surface area contributed by atoms with Crippen molar-refractivity contribution in [3.8, 4) is 0 Å². The second-order valence-corrected chi connectivity index (χ2v) is 5.53. The number of hydrogen-bond acceptors (Lipinski definition) is 2. The van der Waals surface area contributed by atoms with Crippen LogP contribution in [0.4, 0.5) is 5.69 Å². The van der Waals surface area contributed by atoms with Gasteiger partial charge in [0.1, 0.15) is 0 Å².